The van der Waals surface area contributed by atoms with Gasteiger partial charge in [0, 0.05) is 45.0 Å². The van der Waals surface area contributed by atoms with Crippen molar-refractivity contribution in [2.45, 2.75) is 13.5 Å². The molecule has 0 aliphatic carbocycles. The van der Waals surface area contributed by atoms with Gasteiger partial charge in [-0.25, -0.2) is 4.79 Å². The van der Waals surface area contributed by atoms with E-state index in [0.29, 0.717) is 13.1 Å². The van der Waals surface area contributed by atoms with E-state index in [-0.39, 0.29) is 11.6 Å². The van der Waals surface area contributed by atoms with Crippen LogP contribution in [0.5, 0.6) is 0 Å². The van der Waals surface area contributed by atoms with Crippen molar-refractivity contribution < 1.29 is 4.79 Å². The third-order valence-corrected chi connectivity index (χ3v) is 4.14. The Kier molecular flexibility index (Phi) is 4.57. The first-order valence-electron chi connectivity index (χ1n) is 7.79. The molecule has 1 aliphatic rings. The lowest BCUT2D eigenvalue weighted by Gasteiger charge is -2.34. The summed E-state index contributed by atoms with van der Waals surface area (Å²) in [6.45, 7) is 5.30. The molecule has 0 bridgehead atoms. The topological polar surface area (TPSA) is 102 Å². The zero-order chi connectivity index (χ0) is 17.1. The zero-order valence-electron chi connectivity index (χ0n) is 13.4. The van der Waals surface area contributed by atoms with E-state index in [4.69, 9.17) is 0 Å². The van der Waals surface area contributed by atoms with E-state index >= 15 is 0 Å². The molecule has 0 saturated carbocycles. The SMILES string of the molecule is Cc1cccnc1CN1CCN(C(=O)c2cc(=O)[nH]c(=O)[nH]2)CC1. The van der Waals surface area contributed by atoms with Gasteiger partial charge in [0.1, 0.15) is 5.69 Å². The van der Waals surface area contributed by atoms with Gasteiger partial charge in [-0.3, -0.25) is 24.5 Å². The molecule has 2 N–H and O–H groups in total. The second kappa shape index (κ2) is 6.79. The van der Waals surface area contributed by atoms with Gasteiger partial charge in [-0.2, -0.15) is 0 Å². The summed E-state index contributed by atoms with van der Waals surface area (Å²) in [7, 11) is 0. The van der Waals surface area contributed by atoms with Crippen LogP contribution in [0.15, 0.2) is 34.0 Å². The number of amides is 1. The number of piperazine rings is 1. The average molecular weight is 329 g/mol. The molecule has 1 fully saturated rings. The van der Waals surface area contributed by atoms with Crippen LogP contribution in [-0.4, -0.2) is 56.8 Å². The lowest BCUT2D eigenvalue weighted by molar-refractivity contribution is 0.0620. The van der Waals surface area contributed by atoms with Crippen LogP contribution < -0.4 is 11.2 Å². The van der Waals surface area contributed by atoms with Crippen molar-refractivity contribution in [1.82, 2.24) is 24.8 Å². The van der Waals surface area contributed by atoms with Gasteiger partial charge in [-0.1, -0.05) is 6.07 Å². The summed E-state index contributed by atoms with van der Waals surface area (Å²) >= 11 is 0. The normalized spacial score (nSPS) is 15.5. The van der Waals surface area contributed by atoms with E-state index in [1.165, 1.54) is 0 Å². The fourth-order valence-electron chi connectivity index (χ4n) is 2.76. The lowest BCUT2D eigenvalue weighted by Crippen LogP contribution is -2.49. The Labute approximate surface area is 138 Å². The maximum atomic E-state index is 12.4. The molecule has 0 aromatic carbocycles. The minimum Gasteiger partial charge on any atom is -0.335 e. The number of rotatable bonds is 3. The summed E-state index contributed by atoms with van der Waals surface area (Å²) in [5.74, 6) is -0.327. The van der Waals surface area contributed by atoms with Crippen molar-refractivity contribution in [3.8, 4) is 0 Å². The van der Waals surface area contributed by atoms with E-state index < -0.39 is 11.2 Å². The van der Waals surface area contributed by atoms with Crippen molar-refractivity contribution in [2.75, 3.05) is 26.2 Å². The fraction of sp³-hybridized carbons (Fsp3) is 0.375. The van der Waals surface area contributed by atoms with Gasteiger partial charge < -0.3 is 9.88 Å². The van der Waals surface area contributed by atoms with Gasteiger partial charge in [0.15, 0.2) is 0 Å². The minimum absolute atomic E-state index is 0.0257. The van der Waals surface area contributed by atoms with Gasteiger partial charge >= 0.3 is 5.69 Å². The van der Waals surface area contributed by atoms with E-state index in [2.05, 4.69) is 19.9 Å². The smallest absolute Gasteiger partial charge is 0.326 e. The number of H-pyrrole nitrogens is 2. The van der Waals surface area contributed by atoms with E-state index in [9.17, 15) is 14.4 Å². The van der Waals surface area contributed by atoms with Crippen LogP contribution in [0.2, 0.25) is 0 Å². The highest BCUT2D eigenvalue weighted by Gasteiger charge is 2.23. The Morgan fingerprint density at radius 1 is 1.21 bits per heavy atom. The molecule has 3 rings (SSSR count). The van der Waals surface area contributed by atoms with Crippen LogP contribution in [0.4, 0.5) is 0 Å². The first-order valence-corrected chi connectivity index (χ1v) is 7.79. The molecular weight excluding hydrogens is 310 g/mol. The van der Waals surface area contributed by atoms with Crippen molar-refractivity contribution in [3.63, 3.8) is 0 Å². The van der Waals surface area contributed by atoms with E-state index in [1.54, 1.807) is 11.1 Å². The molecule has 0 spiro atoms. The summed E-state index contributed by atoms with van der Waals surface area (Å²) < 4.78 is 0. The largest absolute Gasteiger partial charge is 0.335 e. The second-order valence-corrected chi connectivity index (χ2v) is 5.84. The van der Waals surface area contributed by atoms with Crippen molar-refractivity contribution >= 4 is 5.91 Å². The van der Waals surface area contributed by atoms with Crippen LogP contribution in [0, 0.1) is 6.92 Å². The molecule has 0 unspecified atom stereocenters. The van der Waals surface area contributed by atoms with E-state index in [1.807, 2.05) is 19.1 Å². The van der Waals surface area contributed by atoms with Crippen molar-refractivity contribution in [1.29, 1.82) is 0 Å². The molecule has 1 amide bonds. The molecule has 126 valence electrons. The Bertz CT molecular complexity index is 821. The predicted molar refractivity (Wildman–Crippen MR) is 87.8 cm³/mol. The number of carbonyl (C=O) groups is 1. The highest BCUT2D eigenvalue weighted by Crippen LogP contribution is 2.11. The third-order valence-electron chi connectivity index (χ3n) is 4.14. The van der Waals surface area contributed by atoms with E-state index in [0.717, 1.165) is 37.0 Å². The van der Waals surface area contributed by atoms with Gasteiger partial charge in [0.2, 0.25) is 0 Å². The van der Waals surface area contributed by atoms with Gasteiger partial charge in [0.05, 0.1) is 5.69 Å². The molecule has 8 nitrogen and oxygen atoms in total. The lowest BCUT2D eigenvalue weighted by atomic mass is 10.2. The number of carbonyl (C=O) groups excluding carboxylic acids is 1. The van der Waals surface area contributed by atoms with Crippen molar-refractivity contribution in [2.24, 2.45) is 0 Å². The molecule has 1 saturated heterocycles. The summed E-state index contributed by atoms with van der Waals surface area (Å²) in [6, 6.07) is 5.07. The van der Waals surface area contributed by atoms with Crippen LogP contribution in [0.1, 0.15) is 21.7 Å². The number of aromatic nitrogens is 3. The number of hydrogen-bond donors (Lipinski definition) is 2. The average Bonchev–Trinajstić information content (AvgIpc) is 2.56. The Morgan fingerprint density at radius 3 is 2.62 bits per heavy atom. The molecule has 0 radical (unpaired) electrons. The van der Waals surface area contributed by atoms with Gasteiger partial charge in [-0.05, 0) is 18.6 Å². The monoisotopic (exact) mass is 329 g/mol. The Hall–Kier alpha value is -2.74. The summed E-state index contributed by atoms with van der Waals surface area (Å²) in [5.41, 5.74) is 0.965. The van der Waals surface area contributed by atoms with Crippen LogP contribution in [0.25, 0.3) is 0 Å². The number of pyridine rings is 1. The first kappa shape index (κ1) is 16.1. The third kappa shape index (κ3) is 3.60. The Balaban J connectivity index is 1.62. The quantitative estimate of drug-likeness (QED) is 0.807. The Morgan fingerprint density at radius 2 is 1.96 bits per heavy atom. The maximum absolute atomic E-state index is 12.4. The number of hydrogen-bond acceptors (Lipinski definition) is 5. The second-order valence-electron chi connectivity index (χ2n) is 5.84. The summed E-state index contributed by atoms with van der Waals surface area (Å²) in [5, 5.41) is 0. The molecule has 2 aromatic rings. The zero-order valence-corrected chi connectivity index (χ0v) is 13.4. The number of nitrogens with one attached hydrogen (secondary N) is 2. The molecular formula is C16H19N5O3. The molecule has 3 heterocycles. The standard InChI is InChI=1S/C16H19N5O3/c1-11-3-2-4-17-13(11)10-20-5-7-21(8-6-20)15(23)12-9-14(22)19-16(24)18-12/h2-4,9H,5-8,10H2,1H3,(H2,18,19,22,24). The molecule has 0 atom stereocenters. The summed E-state index contributed by atoms with van der Waals surface area (Å²) in [6.07, 6.45) is 1.78. The number of nitrogens with zero attached hydrogens (tertiary/aromatic N) is 3. The van der Waals surface area contributed by atoms with Crippen LogP contribution in [0.3, 0.4) is 0 Å². The van der Waals surface area contributed by atoms with Gasteiger partial charge in [0.25, 0.3) is 11.5 Å². The van der Waals surface area contributed by atoms with Crippen LogP contribution in [-0.2, 0) is 6.54 Å². The molecule has 2 aromatic heterocycles. The van der Waals surface area contributed by atoms with Crippen molar-refractivity contribution in [3.05, 3.63) is 62.2 Å². The summed E-state index contributed by atoms with van der Waals surface area (Å²) in [4.78, 5) is 47.7. The molecule has 1 aliphatic heterocycles. The fourth-order valence-corrected chi connectivity index (χ4v) is 2.76. The highest BCUT2D eigenvalue weighted by atomic mass is 16.2. The highest BCUT2D eigenvalue weighted by molar-refractivity contribution is 5.92. The predicted octanol–water partition coefficient (Wildman–Crippen LogP) is -0.275. The van der Waals surface area contributed by atoms with Crippen LogP contribution >= 0.6 is 0 Å². The molecule has 8 heteroatoms. The number of aryl methyl sites for hydroxylation is 1. The number of aromatic amines is 2. The minimum atomic E-state index is -0.671. The van der Waals surface area contributed by atoms with Gasteiger partial charge in [-0.15, -0.1) is 0 Å². The molecule has 24 heavy (non-hydrogen) atoms. The first-order chi connectivity index (χ1) is 11.5. The maximum Gasteiger partial charge on any atom is 0.326 e.